The van der Waals surface area contributed by atoms with Gasteiger partial charge in [0.25, 0.3) is 0 Å². The first-order chi connectivity index (χ1) is 7.56. The number of nitrogen functional groups attached to an aromatic ring is 1. The Morgan fingerprint density at radius 2 is 1.88 bits per heavy atom. The zero-order valence-electron chi connectivity index (χ0n) is 8.64. The van der Waals surface area contributed by atoms with E-state index in [9.17, 15) is 14.6 Å². The average Bonchev–Trinajstić information content (AvgIpc) is 2.52. The summed E-state index contributed by atoms with van der Waals surface area (Å²) in [4.78, 5) is 0. The quantitative estimate of drug-likeness (QED) is 0.649. The number of nitrogens with two attached hydrogens (primary N) is 1. The number of hydrogen-bond acceptors (Lipinski definition) is 4. The molecule has 1 unspecified atom stereocenters. The molecule has 16 heavy (non-hydrogen) atoms. The molecule has 1 aromatic rings. The number of anilines is 1. The van der Waals surface area contributed by atoms with Crippen LogP contribution in [0.1, 0.15) is 12.8 Å². The third-order valence-corrected chi connectivity index (χ3v) is 2.72. The lowest BCUT2D eigenvalue weighted by atomic mass is 10.2. The molecule has 1 aliphatic carbocycles. The summed E-state index contributed by atoms with van der Waals surface area (Å²) in [5.74, 6) is -0.172. The molecular weight excluding hydrogens is 213 g/mol. The zero-order chi connectivity index (χ0) is 11.7. The van der Waals surface area contributed by atoms with Crippen LogP contribution in [0.25, 0.3) is 0 Å². The highest BCUT2D eigenvalue weighted by atomic mass is 19.1. The zero-order valence-corrected chi connectivity index (χ0v) is 8.64. The van der Waals surface area contributed by atoms with Gasteiger partial charge in [0.15, 0.2) is 0 Å². The second-order valence-electron chi connectivity index (χ2n) is 4.03. The minimum Gasteiger partial charge on any atom is -0.488 e. The van der Waals surface area contributed by atoms with E-state index < -0.39 is 18.0 Å². The highest BCUT2D eigenvalue weighted by Gasteiger charge is 2.33. The summed E-state index contributed by atoms with van der Waals surface area (Å²) in [6.45, 7) is 0. The molecule has 1 fully saturated rings. The van der Waals surface area contributed by atoms with E-state index in [2.05, 4.69) is 0 Å². The standard InChI is InChI=1S/C11H14FNO3/c12-6-1-2-8(13)11(3-6)16-7-4-9(14)10(15)5-7/h1-3,7,9-10,14-15H,4-5,13H2/t7?,9-,10+. The number of benzene rings is 1. The van der Waals surface area contributed by atoms with Crippen LogP contribution in [0.3, 0.4) is 0 Å². The SMILES string of the molecule is Nc1ccc(F)cc1OC1C[C@@H](O)[C@@H](O)C1. The van der Waals surface area contributed by atoms with Crippen LogP contribution in [0.2, 0.25) is 0 Å². The first kappa shape index (κ1) is 11.2. The average molecular weight is 227 g/mol. The Bertz CT molecular complexity index is 375. The number of ether oxygens (including phenoxy) is 1. The normalized spacial score (nSPS) is 29.3. The molecule has 0 heterocycles. The molecule has 4 N–H and O–H groups in total. The molecule has 1 saturated carbocycles. The molecule has 0 saturated heterocycles. The number of halogens is 1. The first-order valence-electron chi connectivity index (χ1n) is 5.14. The predicted molar refractivity (Wildman–Crippen MR) is 56.5 cm³/mol. The monoisotopic (exact) mass is 227 g/mol. The van der Waals surface area contributed by atoms with E-state index >= 15 is 0 Å². The molecule has 0 aromatic heterocycles. The molecule has 0 radical (unpaired) electrons. The van der Waals surface area contributed by atoms with Crippen molar-refractivity contribution in [2.24, 2.45) is 0 Å². The highest BCUT2D eigenvalue weighted by molar-refractivity contribution is 5.52. The molecule has 1 aromatic carbocycles. The number of hydrogen-bond donors (Lipinski definition) is 3. The lowest BCUT2D eigenvalue weighted by Crippen LogP contribution is -2.17. The summed E-state index contributed by atoms with van der Waals surface area (Å²) < 4.78 is 18.4. The van der Waals surface area contributed by atoms with Gasteiger partial charge in [0, 0.05) is 18.9 Å². The van der Waals surface area contributed by atoms with Crippen molar-refractivity contribution < 1.29 is 19.3 Å². The fourth-order valence-corrected chi connectivity index (χ4v) is 1.84. The Morgan fingerprint density at radius 1 is 1.25 bits per heavy atom. The maximum absolute atomic E-state index is 12.9. The molecule has 0 aliphatic heterocycles. The molecule has 3 atom stereocenters. The van der Waals surface area contributed by atoms with Crippen LogP contribution in [0.15, 0.2) is 18.2 Å². The molecular formula is C11H14FNO3. The van der Waals surface area contributed by atoms with Gasteiger partial charge in [0.2, 0.25) is 0 Å². The minimum absolute atomic E-state index is 0.256. The van der Waals surface area contributed by atoms with Gasteiger partial charge in [-0.25, -0.2) is 4.39 Å². The smallest absolute Gasteiger partial charge is 0.145 e. The van der Waals surface area contributed by atoms with Crippen LogP contribution < -0.4 is 10.5 Å². The van der Waals surface area contributed by atoms with Crippen LogP contribution in [0.4, 0.5) is 10.1 Å². The van der Waals surface area contributed by atoms with Crippen LogP contribution in [0.5, 0.6) is 5.75 Å². The Hall–Kier alpha value is -1.33. The first-order valence-corrected chi connectivity index (χ1v) is 5.14. The molecule has 4 nitrogen and oxygen atoms in total. The van der Waals surface area contributed by atoms with Crippen LogP contribution in [-0.4, -0.2) is 28.5 Å². The van der Waals surface area contributed by atoms with E-state index in [1.165, 1.54) is 18.2 Å². The van der Waals surface area contributed by atoms with Gasteiger partial charge in [-0.3, -0.25) is 0 Å². The maximum atomic E-state index is 12.9. The fraction of sp³-hybridized carbons (Fsp3) is 0.455. The molecule has 0 amide bonds. The Morgan fingerprint density at radius 3 is 2.50 bits per heavy atom. The van der Waals surface area contributed by atoms with E-state index in [0.29, 0.717) is 18.5 Å². The molecule has 0 spiro atoms. The van der Waals surface area contributed by atoms with Crippen molar-refractivity contribution in [1.82, 2.24) is 0 Å². The minimum atomic E-state index is -0.778. The maximum Gasteiger partial charge on any atom is 0.145 e. The number of rotatable bonds is 2. The van der Waals surface area contributed by atoms with E-state index in [1.54, 1.807) is 0 Å². The van der Waals surface area contributed by atoms with Gasteiger partial charge >= 0.3 is 0 Å². The van der Waals surface area contributed by atoms with Gasteiger partial charge in [-0.1, -0.05) is 0 Å². The topological polar surface area (TPSA) is 75.7 Å². The number of aliphatic hydroxyl groups is 2. The van der Waals surface area contributed by atoms with E-state index in [4.69, 9.17) is 10.5 Å². The Labute approximate surface area is 92.5 Å². The molecule has 0 bridgehead atoms. The summed E-state index contributed by atoms with van der Waals surface area (Å²) in [6, 6.07) is 3.87. The van der Waals surface area contributed by atoms with Crippen molar-refractivity contribution in [2.75, 3.05) is 5.73 Å². The van der Waals surface area contributed by atoms with E-state index in [-0.39, 0.29) is 11.9 Å². The third-order valence-electron chi connectivity index (χ3n) is 2.72. The van der Waals surface area contributed by atoms with Gasteiger partial charge < -0.3 is 20.7 Å². The van der Waals surface area contributed by atoms with Gasteiger partial charge in [-0.05, 0) is 12.1 Å². The van der Waals surface area contributed by atoms with Crippen molar-refractivity contribution in [2.45, 2.75) is 31.2 Å². The summed E-state index contributed by atoms with van der Waals surface area (Å²) in [5, 5.41) is 18.7. The second-order valence-corrected chi connectivity index (χ2v) is 4.03. The van der Waals surface area contributed by atoms with Crippen molar-refractivity contribution in [3.05, 3.63) is 24.0 Å². The van der Waals surface area contributed by atoms with Gasteiger partial charge in [0.05, 0.1) is 17.9 Å². The largest absolute Gasteiger partial charge is 0.488 e. The van der Waals surface area contributed by atoms with Crippen LogP contribution in [0, 0.1) is 5.82 Å². The Balaban J connectivity index is 2.07. The van der Waals surface area contributed by atoms with Crippen molar-refractivity contribution >= 4 is 5.69 Å². The summed E-state index contributed by atoms with van der Waals surface area (Å²) in [6.07, 6.45) is -1.22. The van der Waals surface area contributed by atoms with Gasteiger partial charge in [-0.2, -0.15) is 0 Å². The van der Waals surface area contributed by atoms with Gasteiger partial charge in [0.1, 0.15) is 17.7 Å². The second kappa shape index (κ2) is 4.27. The van der Waals surface area contributed by atoms with Gasteiger partial charge in [-0.15, -0.1) is 0 Å². The third kappa shape index (κ3) is 2.25. The predicted octanol–water partition coefficient (Wildman–Crippen LogP) is 0.671. The highest BCUT2D eigenvalue weighted by Crippen LogP contribution is 2.29. The van der Waals surface area contributed by atoms with Crippen molar-refractivity contribution in [3.8, 4) is 5.75 Å². The van der Waals surface area contributed by atoms with E-state index in [0.717, 1.165) is 0 Å². The van der Waals surface area contributed by atoms with Crippen LogP contribution in [-0.2, 0) is 0 Å². The molecule has 5 heteroatoms. The summed E-state index contributed by atoms with van der Waals surface area (Å²) in [5.41, 5.74) is 5.96. The van der Waals surface area contributed by atoms with Crippen molar-refractivity contribution in [3.63, 3.8) is 0 Å². The lowest BCUT2D eigenvalue weighted by molar-refractivity contribution is 0.0438. The Kier molecular flexibility index (Phi) is 2.98. The molecule has 2 rings (SSSR count). The summed E-state index contributed by atoms with van der Waals surface area (Å²) in [7, 11) is 0. The van der Waals surface area contributed by atoms with Crippen LogP contribution >= 0.6 is 0 Å². The number of aliphatic hydroxyl groups excluding tert-OH is 2. The summed E-state index contributed by atoms with van der Waals surface area (Å²) >= 11 is 0. The fourth-order valence-electron chi connectivity index (χ4n) is 1.84. The van der Waals surface area contributed by atoms with Crippen molar-refractivity contribution in [1.29, 1.82) is 0 Å². The molecule has 1 aliphatic rings. The lowest BCUT2D eigenvalue weighted by Gasteiger charge is -2.14. The van der Waals surface area contributed by atoms with E-state index in [1.807, 2.05) is 0 Å². The molecule has 88 valence electrons.